The Morgan fingerprint density at radius 3 is 2.38 bits per heavy atom. The Balaban J connectivity index is 3.92. The summed E-state index contributed by atoms with van der Waals surface area (Å²) < 4.78 is 4.82. The first-order valence-electron chi connectivity index (χ1n) is 4.26. The summed E-state index contributed by atoms with van der Waals surface area (Å²) >= 11 is 1.81. The van der Waals surface area contributed by atoms with Crippen LogP contribution in [0.25, 0.3) is 0 Å². The molecule has 0 amide bonds. The van der Waals surface area contributed by atoms with Crippen molar-refractivity contribution in [3.8, 4) is 0 Å². The maximum Gasteiger partial charge on any atom is 0.333 e. The third kappa shape index (κ3) is 6.70. The lowest BCUT2D eigenvalue weighted by Gasteiger charge is -2.15. The molecule has 3 heteroatoms. The van der Waals surface area contributed by atoms with Crippen molar-refractivity contribution in [3.63, 3.8) is 0 Å². The highest BCUT2D eigenvalue weighted by molar-refractivity contribution is 8.00. The molecule has 0 N–H and O–H groups in total. The molecule has 2 nitrogen and oxygen atoms in total. The van der Waals surface area contributed by atoms with Crippen molar-refractivity contribution < 1.29 is 9.53 Å². The normalized spacial score (nSPS) is 12.8. The SMILES string of the molecule is COC(=O)C(C)=CCSC(C)(C)C. The van der Waals surface area contributed by atoms with E-state index in [1.807, 2.05) is 6.08 Å². The van der Waals surface area contributed by atoms with E-state index >= 15 is 0 Å². The molecular formula is C10H18O2S. The van der Waals surface area contributed by atoms with Gasteiger partial charge in [-0.1, -0.05) is 26.8 Å². The summed E-state index contributed by atoms with van der Waals surface area (Å²) in [4.78, 5) is 11.0. The summed E-state index contributed by atoms with van der Waals surface area (Å²) in [5.74, 6) is 0.610. The molecule has 0 saturated carbocycles. The van der Waals surface area contributed by atoms with Crippen molar-refractivity contribution in [2.24, 2.45) is 0 Å². The highest BCUT2D eigenvalue weighted by Gasteiger charge is 2.09. The molecule has 0 bridgehead atoms. The minimum absolute atomic E-state index is 0.241. The quantitative estimate of drug-likeness (QED) is 0.520. The van der Waals surface area contributed by atoms with Crippen LogP contribution in [0.1, 0.15) is 27.7 Å². The number of thioether (sulfide) groups is 1. The van der Waals surface area contributed by atoms with Crippen LogP contribution in [0.15, 0.2) is 11.6 Å². The predicted octanol–water partition coefficient (Wildman–Crippen LogP) is 2.64. The van der Waals surface area contributed by atoms with Crippen LogP contribution in [0.5, 0.6) is 0 Å². The van der Waals surface area contributed by atoms with E-state index in [0.29, 0.717) is 5.57 Å². The molecule has 0 unspecified atom stereocenters. The van der Waals surface area contributed by atoms with Gasteiger partial charge in [0.05, 0.1) is 7.11 Å². The number of esters is 1. The monoisotopic (exact) mass is 202 g/mol. The number of hydrogen-bond donors (Lipinski definition) is 0. The summed E-state index contributed by atoms with van der Waals surface area (Å²) in [6, 6.07) is 0. The Labute approximate surface area is 84.7 Å². The third-order valence-corrected chi connectivity index (χ3v) is 2.61. The van der Waals surface area contributed by atoms with Gasteiger partial charge in [0.2, 0.25) is 0 Å². The van der Waals surface area contributed by atoms with E-state index in [2.05, 4.69) is 25.5 Å². The summed E-state index contributed by atoms with van der Waals surface area (Å²) in [5.41, 5.74) is 0.680. The maximum absolute atomic E-state index is 11.0. The van der Waals surface area contributed by atoms with Gasteiger partial charge in [0.1, 0.15) is 0 Å². The lowest BCUT2D eigenvalue weighted by atomic mass is 10.3. The smallest absolute Gasteiger partial charge is 0.333 e. The number of methoxy groups -OCH3 is 1. The fourth-order valence-corrected chi connectivity index (χ4v) is 1.49. The van der Waals surface area contributed by atoms with Gasteiger partial charge in [0.15, 0.2) is 0 Å². The van der Waals surface area contributed by atoms with Crippen molar-refractivity contribution in [2.75, 3.05) is 12.9 Å². The van der Waals surface area contributed by atoms with Gasteiger partial charge in [-0.15, -0.1) is 0 Å². The lowest BCUT2D eigenvalue weighted by Crippen LogP contribution is -2.08. The molecule has 0 radical (unpaired) electrons. The van der Waals surface area contributed by atoms with E-state index in [4.69, 9.17) is 0 Å². The Hall–Kier alpha value is -0.440. The summed E-state index contributed by atoms with van der Waals surface area (Å²) in [6.07, 6.45) is 1.90. The zero-order chi connectivity index (χ0) is 10.5. The van der Waals surface area contributed by atoms with Gasteiger partial charge < -0.3 is 4.74 Å². The van der Waals surface area contributed by atoms with E-state index < -0.39 is 0 Å². The van der Waals surface area contributed by atoms with Gasteiger partial charge in [-0.25, -0.2) is 4.79 Å². The maximum atomic E-state index is 11.0. The molecular weight excluding hydrogens is 184 g/mol. The summed E-state index contributed by atoms with van der Waals surface area (Å²) in [5, 5.41) is 0. The number of ether oxygens (including phenoxy) is 1. The minimum Gasteiger partial charge on any atom is -0.466 e. The molecule has 0 aliphatic carbocycles. The lowest BCUT2D eigenvalue weighted by molar-refractivity contribution is -0.136. The predicted molar refractivity (Wildman–Crippen MR) is 58.0 cm³/mol. The van der Waals surface area contributed by atoms with Crippen molar-refractivity contribution in [1.29, 1.82) is 0 Å². The van der Waals surface area contributed by atoms with Gasteiger partial charge in [-0.2, -0.15) is 11.8 Å². The second-order valence-electron chi connectivity index (χ2n) is 3.80. The largest absolute Gasteiger partial charge is 0.466 e. The molecule has 0 fully saturated rings. The van der Waals surface area contributed by atoms with Crippen molar-refractivity contribution >= 4 is 17.7 Å². The molecule has 0 spiro atoms. The highest BCUT2D eigenvalue weighted by Crippen LogP contribution is 2.23. The van der Waals surface area contributed by atoms with Crippen LogP contribution in [-0.2, 0) is 9.53 Å². The van der Waals surface area contributed by atoms with Crippen LogP contribution in [0.2, 0.25) is 0 Å². The molecule has 0 atom stereocenters. The van der Waals surface area contributed by atoms with Gasteiger partial charge >= 0.3 is 5.97 Å². The third-order valence-electron chi connectivity index (χ3n) is 1.41. The van der Waals surface area contributed by atoms with Crippen LogP contribution in [0.4, 0.5) is 0 Å². The van der Waals surface area contributed by atoms with Gasteiger partial charge in [-0.3, -0.25) is 0 Å². The minimum atomic E-state index is -0.241. The fourth-order valence-electron chi connectivity index (χ4n) is 0.661. The average molecular weight is 202 g/mol. The molecule has 0 saturated heterocycles. The first-order valence-corrected chi connectivity index (χ1v) is 5.24. The van der Waals surface area contributed by atoms with Crippen LogP contribution in [-0.4, -0.2) is 23.6 Å². The fraction of sp³-hybridized carbons (Fsp3) is 0.700. The molecule has 13 heavy (non-hydrogen) atoms. The van der Waals surface area contributed by atoms with Gasteiger partial charge in [0, 0.05) is 16.1 Å². The second kappa shape index (κ2) is 5.32. The molecule has 0 aromatic rings. The molecule has 0 aliphatic rings. The number of carbonyl (C=O) groups excluding carboxylic acids is 1. The molecule has 0 rings (SSSR count). The van der Waals surface area contributed by atoms with Crippen molar-refractivity contribution in [3.05, 3.63) is 11.6 Å². The standard InChI is InChI=1S/C10H18O2S/c1-8(9(11)12-5)6-7-13-10(2,3)4/h6H,7H2,1-5H3. The Kier molecular flexibility index (Phi) is 5.14. The first-order chi connectivity index (χ1) is 5.87. The molecule has 0 aromatic carbocycles. The Morgan fingerprint density at radius 1 is 1.46 bits per heavy atom. The summed E-state index contributed by atoms with van der Waals surface area (Å²) in [7, 11) is 1.40. The van der Waals surface area contributed by atoms with Gasteiger partial charge in [0.25, 0.3) is 0 Å². The summed E-state index contributed by atoms with van der Waals surface area (Å²) in [6.45, 7) is 8.23. The van der Waals surface area contributed by atoms with Crippen LogP contribution in [0.3, 0.4) is 0 Å². The van der Waals surface area contributed by atoms with Crippen LogP contribution < -0.4 is 0 Å². The Bertz CT molecular complexity index is 201. The van der Waals surface area contributed by atoms with Gasteiger partial charge in [-0.05, 0) is 6.92 Å². The zero-order valence-corrected chi connectivity index (χ0v) is 9.83. The highest BCUT2D eigenvalue weighted by atomic mass is 32.2. The average Bonchev–Trinajstić information content (AvgIpc) is 2.00. The molecule has 0 aromatic heterocycles. The topological polar surface area (TPSA) is 26.3 Å². The van der Waals surface area contributed by atoms with E-state index in [1.165, 1.54) is 7.11 Å². The van der Waals surface area contributed by atoms with Crippen LogP contribution >= 0.6 is 11.8 Å². The van der Waals surface area contributed by atoms with E-state index in [-0.39, 0.29) is 10.7 Å². The molecule has 0 heterocycles. The van der Waals surface area contributed by atoms with Crippen molar-refractivity contribution in [1.82, 2.24) is 0 Å². The number of rotatable bonds is 3. The van der Waals surface area contributed by atoms with E-state index in [9.17, 15) is 4.79 Å². The van der Waals surface area contributed by atoms with Crippen molar-refractivity contribution in [2.45, 2.75) is 32.4 Å². The number of carbonyl (C=O) groups is 1. The first kappa shape index (κ1) is 12.6. The number of hydrogen-bond acceptors (Lipinski definition) is 3. The molecule has 76 valence electrons. The Morgan fingerprint density at radius 2 is 2.00 bits per heavy atom. The van der Waals surface area contributed by atoms with E-state index in [0.717, 1.165) is 5.75 Å². The van der Waals surface area contributed by atoms with Crippen LogP contribution in [0, 0.1) is 0 Å². The molecule has 0 aliphatic heterocycles. The zero-order valence-electron chi connectivity index (χ0n) is 9.01. The van der Waals surface area contributed by atoms with E-state index in [1.54, 1.807) is 18.7 Å². The second-order valence-corrected chi connectivity index (χ2v) is 5.65.